The smallest absolute Gasteiger partial charge is 0.253 e. The van der Waals surface area contributed by atoms with E-state index in [-0.39, 0.29) is 5.91 Å². The summed E-state index contributed by atoms with van der Waals surface area (Å²) in [7, 11) is -3.55. The molecule has 0 aliphatic carbocycles. The van der Waals surface area contributed by atoms with Crippen molar-refractivity contribution < 1.29 is 13.2 Å². The summed E-state index contributed by atoms with van der Waals surface area (Å²) in [6, 6.07) is 18.8. The van der Waals surface area contributed by atoms with Crippen molar-refractivity contribution in [3.05, 3.63) is 77.4 Å². The molecule has 1 saturated heterocycles. The predicted octanol–water partition coefficient (Wildman–Crippen LogP) is 3.60. The Hall–Kier alpha value is -2.70. The number of hydrogen-bond acceptors (Lipinski definition) is 3. The highest BCUT2D eigenvalue weighted by molar-refractivity contribution is 7.89. The Morgan fingerprint density at radius 1 is 0.793 bits per heavy atom. The minimum Gasteiger partial charge on any atom is -0.336 e. The predicted molar refractivity (Wildman–Crippen MR) is 115 cm³/mol. The zero-order chi connectivity index (χ0) is 20.6. The molecule has 0 aromatic heterocycles. The zero-order valence-corrected chi connectivity index (χ0v) is 17.4. The van der Waals surface area contributed by atoms with Crippen LogP contribution in [0.4, 0.5) is 0 Å². The Bertz CT molecular complexity index is 1180. The number of fused-ring (bicyclic) bond motifs is 1. The lowest BCUT2D eigenvalue weighted by Crippen LogP contribution is -2.50. The lowest BCUT2D eigenvalue weighted by molar-refractivity contribution is 0.0698. The van der Waals surface area contributed by atoms with Gasteiger partial charge in [-0.15, -0.1) is 0 Å². The number of hydrogen-bond donors (Lipinski definition) is 0. The maximum Gasteiger partial charge on any atom is 0.253 e. The van der Waals surface area contributed by atoms with Gasteiger partial charge in [0, 0.05) is 31.7 Å². The van der Waals surface area contributed by atoms with E-state index in [0.717, 1.165) is 21.9 Å². The van der Waals surface area contributed by atoms with Crippen LogP contribution in [0, 0.1) is 13.8 Å². The lowest BCUT2D eigenvalue weighted by atomic mass is 10.1. The third-order valence-electron chi connectivity index (χ3n) is 5.64. The molecular weight excluding hydrogens is 384 g/mol. The van der Waals surface area contributed by atoms with Crippen LogP contribution in [0.15, 0.2) is 65.6 Å². The Kier molecular flexibility index (Phi) is 5.15. The standard InChI is InChI=1S/C23H24N2O3S/c1-17-7-10-22(15-18(17)2)29(27,28)25-13-11-24(12-14-25)23(26)21-9-8-19-5-3-4-6-20(19)16-21/h3-10,15-16H,11-14H2,1-2H3. The molecule has 1 heterocycles. The first-order valence-electron chi connectivity index (χ1n) is 9.72. The van der Waals surface area contributed by atoms with Crippen LogP contribution < -0.4 is 0 Å². The summed E-state index contributed by atoms with van der Waals surface area (Å²) in [6.45, 7) is 5.24. The fourth-order valence-corrected chi connectivity index (χ4v) is 5.17. The van der Waals surface area contributed by atoms with E-state index in [1.165, 1.54) is 4.31 Å². The van der Waals surface area contributed by atoms with E-state index in [4.69, 9.17) is 0 Å². The molecule has 0 atom stereocenters. The molecule has 0 N–H and O–H groups in total. The molecule has 0 unspecified atom stereocenters. The normalized spacial score (nSPS) is 15.6. The van der Waals surface area contributed by atoms with Crippen molar-refractivity contribution in [2.24, 2.45) is 0 Å². The molecule has 150 valence electrons. The van der Waals surface area contributed by atoms with E-state index in [1.54, 1.807) is 17.0 Å². The molecule has 0 radical (unpaired) electrons. The molecule has 5 nitrogen and oxygen atoms in total. The minimum atomic E-state index is -3.55. The second kappa shape index (κ2) is 7.61. The van der Waals surface area contributed by atoms with Crippen molar-refractivity contribution in [3.63, 3.8) is 0 Å². The number of rotatable bonds is 3. The molecular formula is C23H24N2O3S. The maximum atomic E-state index is 13.0. The van der Waals surface area contributed by atoms with Gasteiger partial charge in [-0.25, -0.2) is 8.42 Å². The number of benzene rings is 3. The van der Waals surface area contributed by atoms with Crippen LogP contribution in [0.5, 0.6) is 0 Å². The topological polar surface area (TPSA) is 57.7 Å². The van der Waals surface area contributed by atoms with Gasteiger partial charge in [0.15, 0.2) is 0 Å². The van der Waals surface area contributed by atoms with Crippen LogP contribution in [0.25, 0.3) is 10.8 Å². The molecule has 3 aromatic rings. The van der Waals surface area contributed by atoms with Crippen LogP contribution in [0.1, 0.15) is 21.5 Å². The molecule has 0 bridgehead atoms. The minimum absolute atomic E-state index is 0.0565. The summed E-state index contributed by atoms with van der Waals surface area (Å²) in [5, 5.41) is 2.11. The highest BCUT2D eigenvalue weighted by atomic mass is 32.2. The number of piperazine rings is 1. The summed E-state index contributed by atoms with van der Waals surface area (Å²) in [5.74, 6) is -0.0565. The molecule has 4 rings (SSSR count). The number of aryl methyl sites for hydroxylation is 2. The summed E-state index contributed by atoms with van der Waals surface area (Å²) in [5.41, 5.74) is 2.65. The first-order chi connectivity index (χ1) is 13.9. The van der Waals surface area contributed by atoms with Crippen molar-refractivity contribution in [2.75, 3.05) is 26.2 Å². The summed E-state index contributed by atoms with van der Waals surface area (Å²) < 4.78 is 27.4. The van der Waals surface area contributed by atoms with E-state index in [2.05, 4.69) is 0 Å². The zero-order valence-electron chi connectivity index (χ0n) is 16.6. The lowest BCUT2D eigenvalue weighted by Gasteiger charge is -2.34. The largest absolute Gasteiger partial charge is 0.336 e. The van der Waals surface area contributed by atoms with Gasteiger partial charge in [-0.2, -0.15) is 4.31 Å². The molecule has 1 aliphatic heterocycles. The third kappa shape index (κ3) is 3.78. The van der Waals surface area contributed by atoms with Crippen molar-refractivity contribution in [1.29, 1.82) is 0 Å². The molecule has 29 heavy (non-hydrogen) atoms. The quantitative estimate of drug-likeness (QED) is 0.665. The SMILES string of the molecule is Cc1ccc(S(=O)(=O)N2CCN(C(=O)c3ccc4ccccc4c3)CC2)cc1C. The van der Waals surface area contributed by atoms with Gasteiger partial charge in [-0.1, -0.05) is 36.4 Å². The first-order valence-corrected chi connectivity index (χ1v) is 11.2. The van der Waals surface area contributed by atoms with E-state index in [1.807, 2.05) is 62.4 Å². The molecule has 1 aliphatic rings. The van der Waals surface area contributed by atoms with Crippen molar-refractivity contribution in [2.45, 2.75) is 18.7 Å². The van der Waals surface area contributed by atoms with Crippen LogP contribution >= 0.6 is 0 Å². The van der Waals surface area contributed by atoms with Gasteiger partial charge >= 0.3 is 0 Å². The van der Waals surface area contributed by atoms with E-state index in [0.29, 0.717) is 36.6 Å². The van der Waals surface area contributed by atoms with Gasteiger partial charge in [-0.3, -0.25) is 4.79 Å². The van der Waals surface area contributed by atoms with Gasteiger partial charge in [0.05, 0.1) is 4.90 Å². The van der Waals surface area contributed by atoms with Gasteiger partial charge in [0.2, 0.25) is 10.0 Å². The number of sulfonamides is 1. The maximum absolute atomic E-state index is 13.0. The van der Waals surface area contributed by atoms with Gasteiger partial charge in [0.1, 0.15) is 0 Å². The summed E-state index contributed by atoms with van der Waals surface area (Å²) in [6.07, 6.45) is 0. The number of carbonyl (C=O) groups is 1. The Labute approximate surface area is 171 Å². The van der Waals surface area contributed by atoms with Crippen LogP contribution in [0.2, 0.25) is 0 Å². The first kappa shape index (κ1) is 19.6. The fourth-order valence-electron chi connectivity index (χ4n) is 3.66. The van der Waals surface area contributed by atoms with Gasteiger partial charge in [0.25, 0.3) is 5.91 Å². The monoisotopic (exact) mass is 408 g/mol. The number of nitrogens with zero attached hydrogens (tertiary/aromatic N) is 2. The second-order valence-electron chi connectivity index (χ2n) is 7.50. The molecule has 0 saturated carbocycles. The molecule has 1 fully saturated rings. The Balaban J connectivity index is 1.48. The van der Waals surface area contributed by atoms with Gasteiger partial charge < -0.3 is 4.90 Å². The average Bonchev–Trinajstić information content (AvgIpc) is 2.74. The molecule has 0 spiro atoms. The van der Waals surface area contributed by atoms with E-state index in [9.17, 15) is 13.2 Å². The molecule has 1 amide bonds. The highest BCUT2D eigenvalue weighted by Gasteiger charge is 2.30. The highest BCUT2D eigenvalue weighted by Crippen LogP contribution is 2.22. The van der Waals surface area contributed by atoms with Crippen molar-refractivity contribution in [1.82, 2.24) is 9.21 Å². The van der Waals surface area contributed by atoms with E-state index >= 15 is 0 Å². The van der Waals surface area contributed by atoms with Crippen molar-refractivity contribution >= 4 is 26.7 Å². The second-order valence-corrected chi connectivity index (χ2v) is 9.44. The molecule has 6 heteroatoms. The van der Waals surface area contributed by atoms with E-state index < -0.39 is 10.0 Å². The number of carbonyl (C=O) groups excluding carboxylic acids is 1. The Morgan fingerprint density at radius 2 is 1.48 bits per heavy atom. The number of amides is 1. The third-order valence-corrected chi connectivity index (χ3v) is 7.53. The summed E-state index contributed by atoms with van der Waals surface area (Å²) >= 11 is 0. The average molecular weight is 409 g/mol. The van der Waals surface area contributed by atoms with Crippen LogP contribution in [-0.2, 0) is 10.0 Å². The van der Waals surface area contributed by atoms with Gasteiger partial charge in [-0.05, 0) is 60.0 Å². The fraction of sp³-hybridized carbons (Fsp3) is 0.261. The van der Waals surface area contributed by atoms with Crippen molar-refractivity contribution in [3.8, 4) is 0 Å². The summed E-state index contributed by atoms with van der Waals surface area (Å²) in [4.78, 5) is 15.0. The molecule has 3 aromatic carbocycles. The van der Waals surface area contributed by atoms with Crippen LogP contribution in [0.3, 0.4) is 0 Å². The Morgan fingerprint density at radius 3 is 2.17 bits per heavy atom. The van der Waals surface area contributed by atoms with Crippen LogP contribution in [-0.4, -0.2) is 49.7 Å².